The molecule has 8 rings (SSSR count). The molecular weight excluding hydrogens is 661 g/mol. The van der Waals surface area contributed by atoms with Crippen molar-refractivity contribution in [2.24, 2.45) is 16.1 Å². The van der Waals surface area contributed by atoms with Crippen LogP contribution < -0.4 is 0 Å². The van der Waals surface area contributed by atoms with E-state index in [0.29, 0.717) is 6.42 Å². The maximum Gasteiger partial charge on any atom is 0.309 e. The van der Waals surface area contributed by atoms with Crippen molar-refractivity contribution in [3.05, 3.63) is 186 Å². The maximum atomic E-state index is 13.9. The van der Waals surface area contributed by atoms with Gasteiger partial charge in [0, 0.05) is 30.7 Å². The molecule has 5 aromatic carbocycles. The van der Waals surface area contributed by atoms with Crippen LogP contribution in [0.25, 0.3) is 11.1 Å². The van der Waals surface area contributed by atoms with Crippen molar-refractivity contribution in [2.75, 3.05) is 13.2 Å². The highest BCUT2D eigenvalue weighted by Crippen LogP contribution is 2.45. The molecule has 0 saturated carbocycles. The summed E-state index contributed by atoms with van der Waals surface area (Å²) >= 11 is 0. The van der Waals surface area contributed by atoms with Crippen molar-refractivity contribution in [2.45, 2.75) is 43.3 Å². The van der Waals surface area contributed by atoms with Crippen LogP contribution in [0, 0.1) is 5.92 Å². The molecule has 2 heterocycles. The van der Waals surface area contributed by atoms with E-state index >= 15 is 0 Å². The van der Waals surface area contributed by atoms with E-state index in [4.69, 9.17) is 9.47 Å². The smallest absolute Gasteiger partial charge is 0.309 e. The van der Waals surface area contributed by atoms with Gasteiger partial charge in [-0.15, -0.1) is 0 Å². The molecule has 1 aromatic heterocycles. The molecule has 0 radical (unpaired) electrons. The molecule has 2 aliphatic rings. The average molecular weight is 701 g/mol. The first-order chi connectivity index (χ1) is 26.0. The Balaban J connectivity index is 1.11. The van der Waals surface area contributed by atoms with Gasteiger partial charge in [0.2, 0.25) is 0 Å². The number of esters is 2. The lowest BCUT2D eigenvalue weighted by molar-refractivity contribution is -0.155. The maximum absolute atomic E-state index is 13.9. The normalized spacial score (nSPS) is 14.6. The molecule has 264 valence electrons. The minimum atomic E-state index is -0.836. The van der Waals surface area contributed by atoms with Crippen molar-refractivity contribution in [1.82, 2.24) is 9.55 Å². The number of nitrogens with zero attached hydrogens (tertiary/aromatic N) is 4. The molecule has 53 heavy (non-hydrogen) atoms. The van der Waals surface area contributed by atoms with Gasteiger partial charge >= 0.3 is 11.9 Å². The van der Waals surface area contributed by atoms with Gasteiger partial charge in [0.25, 0.3) is 0 Å². The summed E-state index contributed by atoms with van der Waals surface area (Å²) in [6.07, 6.45) is 4.12. The van der Waals surface area contributed by atoms with Gasteiger partial charge in [-0.1, -0.05) is 140 Å². The average Bonchev–Trinajstić information content (AvgIpc) is 3.61. The van der Waals surface area contributed by atoms with E-state index in [1.165, 1.54) is 0 Å². The number of rotatable bonds is 14. The Morgan fingerprint density at radius 1 is 0.717 bits per heavy atom. The van der Waals surface area contributed by atoms with Crippen LogP contribution in [0.4, 0.5) is 0 Å². The molecule has 0 saturated heterocycles. The van der Waals surface area contributed by atoms with Crippen LogP contribution in [0.15, 0.2) is 162 Å². The van der Waals surface area contributed by atoms with Gasteiger partial charge in [0.1, 0.15) is 12.1 Å². The molecule has 0 fully saturated rings. The summed E-state index contributed by atoms with van der Waals surface area (Å²) in [7, 11) is 0. The van der Waals surface area contributed by atoms with Gasteiger partial charge in [-0.25, -0.2) is 4.98 Å². The Morgan fingerprint density at radius 3 is 1.75 bits per heavy atom. The fourth-order valence-corrected chi connectivity index (χ4v) is 7.75. The Bertz CT molecular complexity index is 2100. The lowest BCUT2D eigenvalue weighted by atomic mass is 9.76. The van der Waals surface area contributed by atoms with Crippen molar-refractivity contribution in [1.29, 1.82) is 0 Å². The molecule has 1 aliphatic heterocycles. The van der Waals surface area contributed by atoms with Gasteiger partial charge in [0.15, 0.2) is 5.66 Å². The first-order valence-electron chi connectivity index (χ1n) is 18.1. The summed E-state index contributed by atoms with van der Waals surface area (Å²) in [6.45, 7) is 2.21. The van der Waals surface area contributed by atoms with Crippen molar-refractivity contribution < 1.29 is 19.1 Å². The highest BCUT2D eigenvalue weighted by Gasteiger charge is 2.41. The fourth-order valence-electron chi connectivity index (χ4n) is 7.75. The predicted molar refractivity (Wildman–Crippen MR) is 202 cm³/mol. The number of hydrogen-bond donors (Lipinski definition) is 0. The summed E-state index contributed by atoms with van der Waals surface area (Å²) in [5.74, 6) is -1.85. The molecule has 0 amide bonds. The molecule has 6 aromatic rings. The van der Waals surface area contributed by atoms with E-state index in [1.807, 2.05) is 92.1 Å². The van der Waals surface area contributed by atoms with E-state index in [-0.39, 0.29) is 32.0 Å². The zero-order valence-electron chi connectivity index (χ0n) is 29.5. The lowest BCUT2D eigenvalue weighted by Crippen LogP contribution is -2.39. The SMILES string of the molecule is CC1(CCOC(=O)[C@@H](CC(=O)OCC2c3ccccc3-c3ccccc32)Cc2cncn2C(c2ccccc2)(c2ccccc2)c2ccccc2)N=N1. The summed E-state index contributed by atoms with van der Waals surface area (Å²) in [6, 6.07) is 47.3. The fraction of sp³-hybridized carbons (Fsp3) is 0.222. The number of fused-ring (bicyclic) bond motifs is 3. The summed E-state index contributed by atoms with van der Waals surface area (Å²) < 4.78 is 14.0. The molecule has 0 unspecified atom stereocenters. The van der Waals surface area contributed by atoms with Gasteiger partial charge in [-0.05, 0) is 45.9 Å². The van der Waals surface area contributed by atoms with Crippen LogP contribution in [-0.4, -0.2) is 40.4 Å². The molecule has 8 heteroatoms. The molecule has 0 N–H and O–H groups in total. The monoisotopic (exact) mass is 700 g/mol. The third-order valence-corrected chi connectivity index (χ3v) is 10.5. The molecule has 1 aliphatic carbocycles. The topological polar surface area (TPSA) is 95.1 Å². The minimum Gasteiger partial charge on any atom is -0.465 e. The number of ether oxygens (including phenoxy) is 2. The molecule has 8 nitrogen and oxygen atoms in total. The Morgan fingerprint density at radius 2 is 1.23 bits per heavy atom. The zero-order valence-corrected chi connectivity index (χ0v) is 29.5. The summed E-state index contributed by atoms with van der Waals surface area (Å²) in [4.78, 5) is 32.4. The number of aromatic nitrogens is 2. The largest absolute Gasteiger partial charge is 0.465 e. The number of benzene rings is 5. The van der Waals surface area contributed by atoms with Crippen LogP contribution >= 0.6 is 0 Å². The van der Waals surface area contributed by atoms with Crippen LogP contribution in [0.5, 0.6) is 0 Å². The minimum absolute atomic E-state index is 0.0896. The van der Waals surface area contributed by atoms with E-state index in [9.17, 15) is 9.59 Å². The third-order valence-electron chi connectivity index (χ3n) is 10.5. The number of hydrogen-bond acceptors (Lipinski definition) is 7. The van der Waals surface area contributed by atoms with Crippen LogP contribution in [-0.2, 0) is 31.0 Å². The second-order valence-corrected chi connectivity index (χ2v) is 13.9. The van der Waals surface area contributed by atoms with Gasteiger partial charge in [-0.2, -0.15) is 10.2 Å². The number of carbonyl (C=O) groups is 2. The first-order valence-corrected chi connectivity index (χ1v) is 18.1. The van der Waals surface area contributed by atoms with E-state index in [2.05, 4.69) is 80.4 Å². The van der Waals surface area contributed by atoms with Gasteiger partial charge in [0.05, 0.1) is 25.3 Å². The van der Waals surface area contributed by atoms with Crippen LogP contribution in [0.3, 0.4) is 0 Å². The first kappa shape index (κ1) is 34.0. The van der Waals surface area contributed by atoms with Crippen molar-refractivity contribution in [3.8, 4) is 11.1 Å². The number of imidazole rings is 1. The van der Waals surface area contributed by atoms with E-state index < -0.39 is 29.1 Å². The summed E-state index contributed by atoms with van der Waals surface area (Å²) in [5, 5.41) is 8.10. The second kappa shape index (κ2) is 14.5. The van der Waals surface area contributed by atoms with E-state index in [1.54, 1.807) is 6.20 Å². The van der Waals surface area contributed by atoms with Gasteiger partial charge < -0.3 is 14.0 Å². The predicted octanol–water partition coefficient (Wildman–Crippen LogP) is 8.74. The second-order valence-electron chi connectivity index (χ2n) is 13.9. The molecule has 0 bridgehead atoms. The third kappa shape index (κ3) is 6.68. The highest BCUT2D eigenvalue weighted by molar-refractivity contribution is 5.81. The Hall–Kier alpha value is -6.15. The van der Waals surface area contributed by atoms with Crippen LogP contribution in [0.1, 0.15) is 59.2 Å². The molecule has 0 spiro atoms. The quantitative estimate of drug-likeness (QED) is 0.0837. The Labute approximate surface area is 309 Å². The lowest BCUT2D eigenvalue weighted by Gasteiger charge is -2.39. The molecular formula is C45H40N4O4. The summed E-state index contributed by atoms with van der Waals surface area (Å²) in [5.41, 5.74) is 7.07. The van der Waals surface area contributed by atoms with Crippen molar-refractivity contribution in [3.63, 3.8) is 0 Å². The standard InChI is InChI=1S/C45H40N4O4/c1-44(47-48-44)25-26-52-43(51)32(28-42(50)53-30-41-39-23-13-11-21-37(39)38-22-12-14-24-40(38)41)27-36-29-46-31-49(36)45(33-15-5-2-6-16-33,34-17-7-3-8-18-34)35-19-9-4-10-20-35/h2-24,29,31-32,41H,25-28,30H2,1H3/t32-/m1/s1. The van der Waals surface area contributed by atoms with Gasteiger partial charge in [-0.3, -0.25) is 9.59 Å². The van der Waals surface area contributed by atoms with Crippen molar-refractivity contribution >= 4 is 11.9 Å². The van der Waals surface area contributed by atoms with E-state index in [0.717, 1.165) is 44.6 Å². The highest BCUT2D eigenvalue weighted by atomic mass is 16.5. The van der Waals surface area contributed by atoms with Crippen LogP contribution in [0.2, 0.25) is 0 Å². The Kier molecular flexibility index (Phi) is 9.27. The zero-order chi connectivity index (χ0) is 36.3. The molecule has 1 atom stereocenters. The number of carbonyl (C=O) groups excluding carboxylic acids is 2.